The second kappa shape index (κ2) is 10.2. The summed E-state index contributed by atoms with van der Waals surface area (Å²) in [6.07, 6.45) is -0.440. The van der Waals surface area contributed by atoms with Gasteiger partial charge in [0.05, 0.1) is 31.5 Å². The van der Waals surface area contributed by atoms with Crippen LogP contribution in [0.4, 0.5) is 5.69 Å². The second-order valence-corrected chi connectivity index (χ2v) is 6.53. The normalized spacial score (nSPS) is 11.3. The first-order valence-corrected chi connectivity index (χ1v) is 9.23. The van der Waals surface area contributed by atoms with Crippen LogP contribution in [-0.2, 0) is 26.1 Å². The van der Waals surface area contributed by atoms with E-state index in [9.17, 15) is 9.59 Å². The van der Waals surface area contributed by atoms with Gasteiger partial charge in [-0.15, -0.1) is 0 Å². The molecule has 1 aromatic heterocycles. The molecule has 1 amide bonds. The molecule has 0 bridgehead atoms. The summed E-state index contributed by atoms with van der Waals surface area (Å²) in [7, 11) is 8.17. The van der Waals surface area contributed by atoms with Crippen LogP contribution in [0.25, 0.3) is 10.9 Å². The zero-order valence-electron chi connectivity index (χ0n) is 17.8. The van der Waals surface area contributed by atoms with Crippen LogP contribution >= 0.6 is 0 Å². The molecule has 9 heteroatoms. The van der Waals surface area contributed by atoms with Gasteiger partial charge >= 0.3 is 5.97 Å². The average molecular weight is 407 g/mol. The van der Waals surface area contributed by atoms with Crippen molar-refractivity contribution in [2.45, 2.75) is 13.2 Å². The zero-order valence-corrected chi connectivity index (χ0v) is 17.8. The van der Waals surface area contributed by atoms with Gasteiger partial charge in [-0.1, -0.05) is 0 Å². The number of likely N-dealkylation sites (N-methyl/N-ethyl adjacent to an activating group) is 1. The van der Waals surface area contributed by atoms with Crippen molar-refractivity contribution < 1.29 is 28.5 Å². The van der Waals surface area contributed by atoms with E-state index in [0.717, 1.165) is 5.52 Å². The molecule has 1 aromatic carbocycles. The molecule has 0 unspecified atom stereocenters. The van der Waals surface area contributed by atoms with Crippen molar-refractivity contribution in [2.75, 3.05) is 53.4 Å². The maximum Gasteiger partial charge on any atom is 0.357 e. The average Bonchev–Trinajstić information content (AvgIpc) is 2.97. The summed E-state index contributed by atoms with van der Waals surface area (Å²) in [6.45, 7) is 2.47. The number of ether oxygens (including phenoxy) is 4. The summed E-state index contributed by atoms with van der Waals surface area (Å²) in [5.41, 5.74) is 1.45. The fraction of sp³-hybridized carbons (Fsp3) is 0.500. The first kappa shape index (κ1) is 22.7. The van der Waals surface area contributed by atoms with Crippen LogP contribution in [0.3, 0.4) is 0 Å². The molecule has 0 aliphatic rings. The predicted octanol–water partition coefficient (Wildman–Crippen LogP) is 1.85. The van der Waals surface area contributed by atoms with Crippen molar-refractivity contribution in [1.29, 1.82) is 0 Å². The predicted molar refractivity (Wildman–Crippen MR) is 109 cm³/mol. The van der Waals surface area contributed by atoms with Crippen LogP contribution in [0.15, 0.2) is 18.2 Å². The quantitative estimate of drug-likeness (QED) is 0.475. The fourth-order valence-corrected chi connectivity index (χ4v) is 3.10. The van der Waals surface area contributed by atoms with E-state index in [-0.39, 0.29) is 24.8 Å². The second-order valence-electron chi connectivity index (χ2n) is 6.53. The van der Waals surface area contributed by atoms with Crippen molar-refractivity contribution >= 4 is 28.5 Å². The number of nitrogens with zero attached hydrogens (tertiary/aromatic N) is 2. The van der Waals surface area contributed by atoms with E-state index in [0.29, 0.717) is 23.4 Å². The van der Waals surface area contributed by atoms with Gasteiger partial charge in [-0.2, -0.15) is 0 Å². The standard InChI is InChI=1S/C20H29N3O6/c1-7-29-20(25)19-18(14-10-13(26-4)8-9-15(14)23(19)3)21-16(24)11-22(2)12-17(27-5)28-6/h8-10,17H,7,11-12H2,1-6H3,(H,21,24). The Morgan fingerprint density at radius 3 is 2.48 bits per heavy atom. The Morgan fingerprint density at radius 2 is 1.90 bits per heavy atom. The molecule has 0 aliphatic heterocycles. The number of amides is 1. The molecule has 2 aromatic rings. The Bertz CT molecular complexity index is 860. The van der Waals surface area contributed by atoms with Gasteiger partial charge < -0.3 is 28.8 Å². The number of esters is 1. The number of nitrogens with one attached hydrogen (secondary N) is 1. The largest absolute Gasteiger partial charge is 0.497 e. The number of aryl methyl sites for hydroxylation is 1. The minimum Gasteiger partial charge on any atom is -0.497 e. The molecule has 1 N–H and O–H groups in total. The maximum absolute atomic E-state index is 12.7. The van der Waals surface area contributed by atoms with E-state index >= 15 is 0 Å². The van der Waals surface area contributed by atoms with Crippen LogP contribution in [0.5, 0.6) is 5.75 Å². The third kappa shape index (κ3) is 5.26. The van der Waals surface area contributed by atoms with Gasteiger partial charge in [-0.25, -0.2) is 4.79 Å². The molecular weight excluding hydrogens is 378 g/mol. The number of hydrogen-bond donors (Lipinski definition) is 1. The molecular formula is C20H29N3O6. The van der Waals surface area contributed by atoms with E-state index in [1.54, 1.807) is 49.7 Å². The number of carbonyl (C=O) groups excluding carboxylic acids is 2. The monoisotopic (exact) mass is 407 g/mol. The van der Waals surface area contributed by atoms with Crippen molar-refractivity contribution in [3.8, 4) is 5.75 Å². The molecule has 0 spiro atoms. The maximum atomic E-state index is 12.7. The molecule has 0 aliphatic carbocycles. The summed E-state index contributed by atoms with van der Waals surface area (Å²) < 4.78 is 22.5. The molecule has 0 saturated heterocycles. The lowest BCUT2D eigenvalue weighted by Gasteiger charge is -2.21. The molecule has 0 saturated carbocycles. The Morgan fingerprint density at radius 1 is 1.21 bits per heavy atom. The van der Waals surface area contributed by atoms with Gasteiger partial charge in [0, 0.05) is 33.2 Å². The third-order valence-electron chi connectivity index (χ3n) is 4.54. The number of anilines is 1. The molecule has 9 nitrogen and oxygen atoms in total. The zero-order chi connectivity index (χ0) is 21.6. The smallest absolute Gasteiger partial charge is 0.357 e. The lowest BCUT2D eigenvalue weighted by Crippen LogP contribution is -2.37. The van der Waals surface area contributed by atoms with Crippen molar-refractivity contribution in [2.24, 2.45) is 7.05 Å². The highest BCUT2D eigenvalue weighted by atomic mass is 16.7. The van der Waals surface area contributed by atoms with Crippen LogP contribution < -0.4 is 10.1 Å². The number of rotatable bonds is 10. The van der Waals surface area contributed by atoms with Crippen molar-refractivity contribution in [3.05, 3.63) is 23.9 Å². The van der Waals surface area contributed by atoms with Gasteiger partial charge in [-0.05, 0) is 32.2 Å². The Hall–Kier alpha value is -2.62. The highest BCUT2D eigenvalue weighted by molar-refractivity contribution is 6.12. The van der Waals surface area contributed by atoms with Gasteiger partial charge in [0.25, 0.3) is 0 Å². The summed E-state index contributed by atoms with van der Waals surface area (Å²) in [6, 6.07) is 5.41. The summed E-state index contributed by atoms with van der Waals surface area (Å²) in [5, 5.41) is 3.56. The number of carbonyl (C=O) groups is 2. The van der Waals surface area contributed by atoms with Crippen molar-refractivity contribution in [1.82, 2.24) is 9.47 Å². The number of benzene rings is 1. The Kier molecular flexibility index (Phi) is 8.00. The number of hydrogen-bond acceptors (Lipinski definition) is 7. The Balaban J connectivity index is 2.35. The van der Waals surface area contributed by atoms with Crippen LogP contribution in [0.1, 0.15) is 17.4 Å². The lowest BCUT2D eigenvalue weighted by molar-refractivity contribution is -0.124. The van der Waals surface area contributed by atoms with E-state index in [2.05, 4.69) is 5.32 Å². The fourth-order valence-electron chi connectivity index (χ4n) is 3.10. The molecule has 0 radical (unpaired) electrons. The van der Waals surface area contributed by atoms with Crippen LogP contribution in [0.2, 0.25) is 0 Å². The lowest BCUT2D eigenvalue weighted by atomic mass is 10.2. The molecule has 0 atom stereocenters. The van der Waals surface area contributed by atoms with E-state index < -0.39 is 12.3 Å². The number of methoxy groups -OCH3 is 3. The van der Waals surface area contributed by atoms with E-state index in [1.807, 2.05) is 6.07 Å². The molecule has 2 rings (SSSR count). The van der Waals surface area contributed by atoms with Gasteiger partial charge in [-0.3, -0.25) is 9.69 Å². The highest BCUT2D eigenvalue weighted by Crippen LogP contribution is 2.33. The van der Waals surface area contributed by atoms with Gasteiger partial charge in [0.2, 0.25) is 5.91 Å². The molecule has 0 fully saturated rings. The molecule has 29 heavy (non-hydrogen) atoms. The third-order valence-corrected chi connectivity index (χ3v) is 4.54. The van der Waals surface area contributed by atoms with E-state index in [1.165, 1.54) is 14.2 Å². The summed E-state index contributed by atoms with van der Waals surface area (Å²) in [5.74, 6) is -0.166. The van der Waals surface area contributed by atoms with Crippen molar-refractivity contribution in [3.63, 3.8) is 0 Å². The SMILES string of the molecule is CCOC(=O)c1c(NC(=O)CN(C)CC(OC)OC)c2cc(OC)ccc2n1C. The Labute approximate surface area is 170 Å². The minimum absolute atomic E-state index is 0.0891. The summed E-state index contributed by atoms with van der Waals surface area (Å²) >= 11 is 0. The number of fused-ring (bicyclic) bond motifs is 1. The first-order valence-electron chi connectivity index (χ1n) is 9.23. The topological polar surface area (TPSA) is 91.3 Å². The number of aromatic nitrogens is 1. The summed E-state index contributed by atoms with van der Waals surface area (Å²) in [4.78, 5) is 27.0. The van der Waals surface area contributed by atoms with Gasteiger partial charge in [0.15, 0.2) is 12.0 Å². The van der Waals surface area contributed by atoms with Crippen LogP contribution in [0, 0.1) is 0 Å². The van der Waals surface area contributed by atoms with Crippen LogP contribution in [-0.4, -0.2) is 75.7 Å². The van der Waals surface area contributed by atoms with E-state index in [4.69, 9.17) is 18.9 Å². The minimum atomic E-state index is -0.507. The molecule has 1 heterocycles. The van der Waals surface area contributed by atoms with Gasteiger partial charge in [0.1, 0.15) is 5.75 Å². The highest BCUT2D eigenvalue weighted by Gasteiger charge is 2.24. The molecule has 160 valence electrons. The first-order chi connectivity index (χ1) is 13.9.